The molecule has 26 heavy (non-hydrogen) atoms. The second kappa shape index (κ2) is 6.50. The lowest BCUT2D eigenvalue weighted by atomic mass is 9.68. The molecule has 1 aliphatic carbocycles. The molecule has 1 amide bonds. The first-order valence-electron chi connectivity index (χ1n) is 8.74. The molecular formula is C20H19BrN2O3. The maximum absolute atomic E-state index is 13.0. The van der Waals surface area contributed by atoms with Crippen LogP contribution in [-0.2, 0) is 11.2 Å². The van der Waals surface area contributed by atoms with Crippen LogP contribution < -0.4 is 0 Å². The second-order valence-electron chi connectivity index (χ2n) is 7.11. The number of pyridine rings is 1. The third kappa shape index (κ3) is 2.72. The van der Waals surface area contributed by atoms with Gasteiger partial charge >= 0.3 is 5.97 Å². The zero-order valence-electron chi connectivity index (χ0n) is 14.2. The molecule has 0 radical (unpaired) electrons. The molecule has 1 saturated carbocycles. The molecule has 2 aromatic rings. The third-order valence-electron chi connectivity index (χ3n) is 5.65. The SMILES string of the molecule is O=C1c2ccccc2C(Cc2ncccc2Br)N1CC1(C(=O)O)CCC1. The van der Waals surface area contributed by atoms with Gasteiger partial charge in [0.15, 0.2) is 0 Å². The van der Waals surface area contributed by atoms with Crippen molar-refractivity contribution in [3.8, 4) is 0 Å². The highest BCUT2D eigenvalue weighted by Crippen LogP contribution is 2.46. The average molecular weight is 415 g/mol. The Bertz CT molecular complexity index is 879. The van der Waals surface area contributed by atoms with Crippen molar-refractivity contribution in [1.82, 2.24) is 9.88 Å². The normalized spacial score (nSPS) is 20.6. The molecule has 1 aromatic carbocycles. The molecule has 2 aliphatic rings. The number of carboxylic acids is 1. The fraction of sp³-hybridized carbons (Fsp3) is 0.350. The van der Waals surface area contributed by atoms with Gasteiger partial charge in [0.25, 0.3) is 5.91 Å². The number of aromatic nitrogens is 1. The molecule has 1 N–H and O–H groups in total. The summed E-state index contributed by atoms with van der Waals surface area (Å²) in [5.41, 5.74) is 1.68. The molecule has 2 heterocycles. The number of aliphatic carboxylic acids is 1. The summed E-state index contributed by atoms with van der Waals surface area (Å²) < 4.78 is 0.897. The van der Waals surface area contributed by atoms with Crippen LogP contribution in [0, 0.1) is 5.41 Å². The molecule has 0 spiro atoms. The maximum Gasteiger partial charge on any atom is 0.311 e. The molecule has 5 nitrogen and oxygen atoms in total. The lowest BCUT2D eigenvalue weighted by molar-refractivity contribution is -0.155. The zero-order valence-corrected chi connectivity index (χ0v) is 15.8. The van der Waals surface area contributed by atoms with Gasteiger partial charge in [0.1, 0.15) is 0 Å². The van der Waals surface area contributed by atoms with E-state index >= 15 is 0 Å². The number of rotatable bonds is 5. The van der Waals surface area contributed by atoms with Crippen molar-refractivity contribution in [2.24, 2.45) is 5.41 Å². The van der Waals surface area contributed by atoms with E-state index < -0.39 is 11.4 Å². The van der Waals surface area contributed by atoms with Crippen LogP contribution in [0.3, 0.4) is 0 Å². The minimum Gasteiger partial charge on any atom is -0.481 e. The number of benzene rings is 1. The maximum atomic E-state index is 13.0. The van der Waals surface area contributed by atoms with Gasteiger partial charge in [0.2, 0.25) is 0 Å². The van der Waals surface area contributed by atoms with Gasteiger partial charge in [-0.15, -0.1) is 0 Å². The van der Waals surface area contributed by atoms with Crippen LogP contribution in [0.15, 0.2) is 47.1 Å². The van der Waals surface area contributed by atoms with Gasteiger partial charge in [0, 0.05) is 29.2 Å². The second-order valence-corrected chi connectivity index (χ2v) is 7.97. The van der Waals surface area contributed by atoms with Crippen molar-refractivity contribution < 1.29 is 14.7 Å². The van der Waals surface area contributed by atoms with E-state index in [1.165, 1.54) is 0 Å². The Morgan fingerprint density at radius 1 is 1.27 bits per heavy atom. The Kier molecular flexibility index (Phi) is 4.31. The fourth-order valence-electron chi connectivity index (χ4n) is 3.97. The molecule has 134 valence electrons. The predicted octanol–water partition coefficient (Wildman–Crippen LogP) is 3.84. The lowest BCUT2D eigenvalue weighted by Crippen LogP contribution is -2.49. The minimum absolute atomic E-state index is 0.0785. The molecule has 1 fully saturated rings. The number of halogens is 1. The number of carbonyl (C=O) groups is 2. The Labute approximate surface area is 160 Å². The standard InChI is InChI=1S/C20H19BrN2O3/c21-15-7-3-10-22-16(15)11-17-13-5-1-2-6-14(13)18(24)23(17)12-20(19(25)26)8-4-9-20/h1-3,5-7,10,17H,4,8-9,11-12H2,(H,25,26). The molecule has 4 rings (SSSR count). The fourth-order valence-corrected chi connectivity index (χ4v) is 4.39. The van der Waals surface area contributed by atoms with Crippen molar-refractivity contribution in [2.75, 3.05) is 6.54 Å². The van der Waals surface area contributed by atoms with Crippen LogP contribution in [-0.4, -0.2) is 33.4 Å². The van der Waals surface area contributed by atoms with Gasteiger partial charge in [0.05, 0.1) is 17.2 Å². The molecule has 6 heteroatoms. The van der Waals surface area contributed by atoms with Crippen LogP contribution >= 0.6 is 15.9 Å². The number of hydrogen-bond acceptors (Lipinski definition) is 3. The van der Waals surface area contributed by atoms with Gasteiger partial charge in [-0.05, 0) is 52.5 Å². The molecule has 0 saturated heterocycles. The van der Waals surface area contributed by atoms with Crippen molar-refractivity contribution >= 4 is 27.8 Å². The summed E-state index contributed by atoms with van der Waals surface area (Å²) >= 11 is 3.53. The number of nitrogens with zero attached hydrogens (tertiary/aromatic N) is 2. The summed E-state index contributed by atoms with van der Waals surface area (Å²) in [5.74, 6) is -0.879. The molecule has 1 unspecified atom stereocenters. The van der Waals surface area contributed by atoms with Gasteiger partial charge in [-0.3, -0.25) is 14.6 Å². The lowest BCUT2D eigenvalue weighted by Gasteiger charge is -2.42. The van der Waals surface area contributed by atoms with E-state index in [9.17, 15) is 14.7 Å². The van der Waals surface area contributed by atoms with Crippen LogP contribution in [0.1, 0.15) is 46.9 Å². The smallest absolute Gasteiger partial charge is 0.311 e. The van der Waals surface area contributed by atoms with Crippen molar-refractivity contribution in [1.29, 1.82) is 0 Å². The first kappa shape index (κ1) is 17.2. The van der Waals surface area contributed by atoms with Crippen molar-refractivity contribution in [3.63, 3.8) is 0 Å². The Morgan fingerprint density at radius 3 is 2.69 bits per heavy atom. The van der Waals surface area contributed by atoms with Gasteiger partial charge in [-0.2, -0.15) is 0 Å². The largest absolute Gasteiger partial charge is 0.481 e. The monoisotopic (exact) mass is 414 g/mol. The summed E-state index contributed by atoms with van der Waals surface area (Å²) in [7, 11) is 0. The van der Waals surface area contributed by atoms with Crippen LogP contribution in [0.5, 0.6) is 0 Å². The topological polar surface area (TPSA) is 70.5 Å². The van der Waals surface area contributed by atoms with E-state index in [4.69, 9.17) is 0 Å². The number of hydrogen-bond donors (Lipinski definition) is 1. The van der Waals surface area contributed by atoms with Gasteiger partial charge < -0.3 is 10.0 Å². The van der Waals surface area contributed by atoms with Crippen molar-refractivity contribution in [3.05, 3.63) is 63.9 Å². The Hall–Kier alpha value is -2.21. The average Bonchev–Trinajstić information content (AvgIpc) is 2.85. The van der Waals surface area contributed by atoms with Crippen molar-refractivity contribution in [2.45, 2.75) is 31.7 Å². The first-order valence-corrected chi connectivity index (χ1v) is 9.54. The molecule has 1 aliphatic heterocycles. The number of carboxylic acid groups (broad SMARTS) is 1. The van der Waals surface area contributed by atoms with E-state index in [2.05, 4.69) is 20.9 Å². The summed E-state index contributed by atoms with van der Waals surface area (Å²) in [6, 6.07) is 11.2. The highest BCUT2D eigenvalue weighted by molar-refractivity contribution is 9.10. The van der Waals surface area contributed by atoms with Crippen LogP contribution in [0.25, 0.3) is 0 Å². The summed E-state index contributed by atoms with van der Waals surface area (Å²) in [6.45, 7) is 0.255. The molecule has 1 aromatic heterocycles. The van der Waals surface area contributed by atoms with E-state index in [1.807, 2.05) is 36.4 Å². The summed E-state index contributed by atoms with van der Waals surface area (Å²) in [5, 5.41) is 9.71. The Balaban J connectivity index is 1.71. The van der Waals surface area contributed by atoms with E-state index in [0.717, 1.165) is 22.2 Å². The van der Waals surface area contributed by atoms with E-state index in [1.54, 1.807) is 11.1 Å². The number of amides is 1. The molecule has 0 bridgehead atoms. The first-order chi connectivity index (χ1) is 12.5. The predicted molar refractivity (Wildman–Crippen MR) is 99.8 cm³/mol. The van der Waals surface area contributed by atoms with E-state index in [0.29, 0.717) is 24.8 Å². The third-order valence-corrected chi connectivity index (χ3v) is 6.37. The van der Waals surface area contributed by atoms with Gasteiger partial charge in [-0.1, -0.05) is 24.6 Å². The summed E-state index contributed by atoms with van der Waals surface area (Å²) in [6.07, 6.45) is 4.44. The molecular weight excluding hydrogens is 396 g/mol. The summed E-state index contributed by atoms with van der Waals surface area (Å²) in [4.78, 5) is 31.0. The highest BCUT2D eigenvalue weighted by Gasteiger charge is 2.49. The highest BCUT2D eigenvalue weighted by atomic mass is 79.9. The van der Waals surface area contributed by atoms with Crippen LogP contribution in [0.2, 0.25) is 0 Å². The number of fused-ring (bicyclic) bond motifs is 1. The Morgan fingerprint density at radius 2 is 2.04 bits per heavy atom. The number of carbonyl (C=O) groups excluding carboxylic acids is 1. The molecule has 1 atom stereocenters. The van der Waals surface area contributed by atoms with E-state index in [-0.39, 0.29) is 18.5 Å². The van der Waals surface area contributed by atoms with Crippen LogP contribution in [0.4, 0.5) is 0 Å². The van der Waals surface area contributed by atoms with Gasteiger partial charge in [-0.25, -0.2) is 0 Å². The minimum atomic E-state index is -0.808. The quantitative estimate of drug-likeness (QED) is 0.806. The zero-order chi connectivity index (χ0) is 18.3.